The summed E-state index contributed by atoms with van der Waals surface area (Å²) in [5, 5.41) is 4.42. The van der Waals surface area contributed by atoms with Crippen LogP contribution in [-0.4, -0.2) is 12.6 Å². The molecule has 2 aromatic carbocycles. The molecular weight excluding hydrogens is 334 g/mol. The molecule has 0 fully saturated rings. The van der Waals surface area contributed by atoms with E-state index >= 15 is 0 Å². The van der Waals surface area contributed by atoms with Crippen LogP contribution in [0.2, 0.25) is 5.02 Å². The molecule has 0 aromatic heterocycles. The van der Waals surface area contributed by atoms with Crippen LogP contribution >= 0.6 is 11.6 Å². The van der Waals surface area contributed by atoms with Gasteiger partial charge in [-0.25, -0.2) is 4.79 Å². The molecule has 4 rings (SSSR count). The Balaban J connectivity index is 1.71. The van der Waals surface area contributed by atoms with E-state index in [4.69, 9.17) is 16.3 Å². The van der Waals surface area contributed by atoms with E-state index < -0.39 is 0 Å². The monoisotopic (exact) mass is 353 g/mol. The summed E-state index contributed by atoms with van der Waals surface area (Å²) in [6.45, 7) is 2.21. The number of halogens is 1. The van der Waals surface area contributed by atoms with Crippen LogP contribution in [0, 0.1) is 5.92 Å². The average molecular weight is 354 g/mol. The maximum atomic E-state index is 12.1. The number of carbonyl (C=O) groups excluding carboxylic acids is 1. The van der Waals surface area contributed by atoms with Crippen molar-refractivity contribution in [3.05, 3.63) is 76.3 Å². The molecule has 2 aliphatic rings. The third-order valence-electron chi connectivity index (χ3n) is 5.10. The van der Waals surface area contributed by atoms with Gasteiger partial charge in [0.25, 0.3) is 0 Å². The smallest absolute Gasteiger partial charge is 0.338 e. The zero-order chi connectivity index (χ0) is 17.4. The Morgan fingerprint density at radius 3 is 2.80 bits per heavy atom. The summed E-state index contributed by atoms with van der Waals surface area (Å²) in [7, 11) is 0. The van der Waals surface area contributed by atoms with E-state index in [1.165, 1.54) is 11.1 Å². The van der Waals surface area contributed by atoms with Crippen molar-refractivity contribution in [1.29, 1.82) is 0 Å². The molecule has 0 bridgehead atoms. The van der Waals surface area contributed by atoms with Gasteiger partial charge in [-0.3, -0.25) is 0 Å². The van der Waals surface area contributed by atoms with E-state index in [-0.39, 0.29) is 12.0 Å². The fraction of sp³-hybridized carbons (Fsp3) is 0.286. The van der Waals surface area contributed by atoms with E-state index in [1.54, 1.807) is 0 Å². The van der Waals surface area contributed by atoms with Gasteiger partial charge < -0.3 is 10.1 Å². The number of hydrogen-bond donors (Lipinski definition) is 1. The number of esters is 1. The molecular formula is C21H20ClNO2. The van der Waals surface area contributed by atoms with Gasteiger partial charge in [0.15, 0.2) is 0 Å². The minimum atomic E-state index is -0.261. The predicted octanol–water partition coefficient (Wildman–Crippen LogP) is 5.34. The highest BCUT2D eigenvalue weighted by molar-refractivity contribution is 6.30. The van der Waals surface area contributed by atoms with Crippen LogP contribution in [0.15, 0.2) is 54.6 Å². The van der Waals surface area contributed by atoms with Gasteiger partial charge in [-0.05, 0) is 60.7 Å². The molecule has 4 heteroatoms. The van der Waals surface area contributed by atoms with Crippen LogP contribution in [-0.2, 0) is 4.74 Å². The van der Waals surface area contributed by atoms with Crippen molar-refractivity contribution >= 4 is 23.3 Å². The third kappa shape index (κ3) is 2.93. The van der Waals surface area contributed by atoms with E-state index in [2.05, 4.69) is 29.6 Å². The predicted molar refractivity (Wildman–Crippen MR) is 100 cm³/mol. The Morgan fingerprint density at radius 1 is 1.24 bits per heavy atom. The summed E-state index contributed by atoms with van der Waals surface area (Å²) < 4.78 is 5.14. The van der Waals surface area contributed by atoms with Gasteiger partial charge in [-0.15, -0.1) is 0 Å². The van der Waals surface area contributed by atoms with Gasteiger partial charge in [-0.1, -0.05) is 35.9 Å². The van der Waals surface area contributed by atoms with Crippen molar-refractivity contribution in [1.82, 2.24) is 0 Å². The summed E-state index contributed by atoms with van der Waals surface area (Å²) in [4.78, 5) is 12.1. The van der Waals surface area contributed by atoms with Crippen LogP contribution in [0.1, 0.15) is 46.8 Å². The van der Waals surface area contributed by atoms with Crippen molar-refractivity contribution in [3.63, 3.8) is 0 Å². The standard InChI is InChI=1S/C21H20ClNO2/c1-2-25-21(24)14-8-11-19-18(12-14)16-4-3-5-17(16)20(23-19)13-6-9-15(22)10-7-13/h3-4,6-12,16-17,20,23H,2,5H2,1H3/t16-,17+,20+/m1/s1. The quantitative estimate of drug-likeness (QED) is 0.597. The molecule has 1 aliphatic carbocycles. The first kappa shape index (κ1) is 16.2. The molecule has 0 saturated carbocycles. The molecule has 3 atom stereocenters. The van der Waals surface area contributed by atoms with Gasteiger partial charge in [0.2, 0.25) is 0 Å². The fourth-order valence-electron chi connectivity index (χ4n) is 3.94. The summed E-state index contributed by atoms with van der Waals surface area (Å²) >= 11 is 6.04. The lowest BCUT2D eigenvalue weighted by Gasteiger charge is -2.37. The van der Waals surface area contributed by atoms with Gasteiger partial charge in [0, 0.05) is 16.6 Å². The van der Waals surface area contributed by atoms with Gasteiger partial charge in [-0.2, -0.15) is 0 Å². The summed E-state index contributed by atoms with van der Waals surface area (Å²) in [5.74, 6) is 0.487. The number of nitrogens with one attached hydrogen (secondary N) is 1. The number of anilines is 1. The average Bonchev–Trinajstić information content (AvgIpc) is 3.11. The van der Waals surface area contributed by atoms with Crippen molar-refractivity contribution < 1.29 is 9.53 Å². The molecule has 1 heterocycles. The molecule has 0 unspecified atom stereocenters. The number of benzene rings is 2. The van der Waals surface area contributed by atoms with Crippen molar-refractivity contribution in [2.24, 2.45) is 5.92 Å². The Kier molecular flexibility index (Phi) is 4.26. The summed E-state index contributed by atoms with van der Waals surface area (Å²) in [6, 6.07) is 14.1. The van der Waals surface area contributed by atoms with Gasteiger partial charge >= 0.3 is 5.97 Å². The minimum Gasteiger partial charge on any atom is -0.462 e. The van der Waals surface area contributed by atoms with Crippen molar-refractivity contribution in [2.45, 2.75) is 25.3 Å². The minimum absolute atomic E-state index is 0.234. The lowest BCUT2D eigenvalue weighted by molar-refractivity contribution is 0.0526. The number of fused-ring (bicyclic) bond motifs is 3. The van der Waals surface area contributed by atoms with Gasteiger partial charge in [0.05, 0.1) is 18.2 Å². The lowest BCUT2D eigenvalue weighted by Crippen LogP contribution is -2.29. The van der Waals surface area contributed by atoms with Gasteiger partial charge in [0.1, 0.15) is 0 Å². The first-order valence-electron chi connectivity index (χ1n) is 8.67. The molecule has 1 N–H and O–H groups in total. The Morgan fingerprint density at radius 2 is 2.04 bits per heavy atom. The maximum Gasteiger partial charge on any atom is 0.338 e. The number of allylic oxidation sites excluding steroid dienone is 2. The summed E-state index contributed by atoms with van der Waals surface area (Å²) in [6.07, 6.45) is 5.53. The second-order valence-corrected chi connectivity index (χ2v) is 6.99. The SMILES string of the molecule is CCOC(=O)c1ccc2c(c1)[C@@H]1C=CC[C@@H]1[C@H](c1ccc(Cl)cc1)N2. The summed E-state index contributed by atoms with van der Waals surface area (Å²) in [5.41, 5.74) is 4.12. The number of hydrogen-bond acceptors (Lipinski definition) is 3. The van der Waals surface area contributed by atoms with Crippen LogP contribution < -0.4 is 5.32 Å². The number of rotatable bonds is 3. The fourth-order valence-corrected chi connectivity index (χ4v) is 4.06. The highest BCUT2D eigenvalue weighted by Gasteiger charge is 2.38. The van der Waals surface area contributed by atoms with Crippen LogP contribution in [0.3, 0.4) is 0 Å². The molecule has 3 nitrogen and oxygen atoms in total. The Labute approximate surface area is 152 Å². The maximum absolute atomic E-state index is 12.1. The highest BCUT2D eigenvalue weighted by atomic mass is 35.5. The van der Waals surface area contributed by atoms with Crippen molar-refractivity contribution in [3.8, 4) is 0 Å². The van der Waals surface area contributed by atoms with E-state index in [0.717, 1.165) is 17.1 Å². The topological polar surface area (TPSA) is 38.3 Å². The highest BCUT2D eigenvalue weighted by Crippen LogP contribution is 2.50. The lowest BCUT2D eigenvalue weighted by atomic mass is 9.76. The third-order valence-corrected chi connectivity index (χ3v) is 5.36. The number of ether oxygens (including phenoxy) is 1. The molecule has 128 valence electrons. The first-order valence-corrected chi connectivity index (χ1v) is 9.05. The van der Waals surface area contributed by atoms with E-state index in [9.17, 15) is 4.79 Å². The molecule has 0 radical (unpaired) electrons. The molecule has 1 aliphatic heterocycles. The zero-order valence-electron chi connectivity index (χ0n) is 14.0. The molecule has 2 aromatic rings. The molecule has 25 heavy (non-hydrogen) atoms. The number of carbonyl (C=O) groups is 1. The van der Waals surface area contributed by atoms with E-state index in [0.29, 0.717) is 24.0 Å². The zero-order valence-corrected chi connectivity index (χ0v) is 14.8. The Bertz CT molecular complexity index is 828. The van der Waals surface area contributed by atoms with Crippen LogP contribution in [0.4, 0.5) is 5.69 Å². The molecule has 0 saturated heterocycles. The first-order chi connectivity index (χ1) is 12.2. The second-order valence-electron chi connectivity index (χ2n) is 6.55. The Hall–Kier alpha value is -2.26. The largest absolute Gasteiger partial charge is 0.462 e. The van der Waals surface area contributed by atoms with E-state index in [1.807, 2.05) is 37.3 Å². The normalized spacial score (nSPS) is 23.5. The van der Waals surface area contributed by atoms with Crippen molar-refractivity contribution in [2.75, 3.05) is 11.9 Å². The van der Waals surface area contributed by atoms with Crippen LogP contribution in [0.5, 0.6) is 0 Å². The second kappa shape index (κ2) is 6.57. The van der Waals surface area contributed by atoms with Crippen LogP contribution in [0.25, 0.3) is 0 Å². The molecule has 0 spiro atoms. The molecule has 0 amide bonds.